The highest BCUT2D eigenvalue weighted by molar-refractivity contribution is 7.99. The number of piperazine rings is 1. The monoisotopic (exact) mass is 397 g/mol. The zero-order valence-electron chi connectivity index (χ0n) is 27.9. The maximum atomic E-state index is 9.16. The van der Waals surface area contributed by atoms with Crippen LogP contribution in [-0.4, -0.2) is 73.0 Å². The highest BCUT2D eigenvalue weighted by atomic mass is 32.2. The Morgan fingerprint density at radius 3 is 2.59 bits per heavy atom. The normalized spacial score (nSPS) is 33.8. The molecule has 2 heterocycles. The molecule has 2 aromatic carbocycles. The number of para-hydroxylation sites is 1. The molecule has 0 saturated carbocycles. The third-order valence-corrected chi connectivity index (χ3v) is 4.68. The summed E-state index contributed by atoms with van der Waals surface area (Å²) in [4.78, 5) is 5.08. The van der Waals surface area contributed by atoms with Crippen molar-refractivity contribution < 1.29 is 29.0 Å². The molecule has 2 aliphatic rings. The third-order valence-electron chi connectivity index (χ3n) is 3.54. The van der Waals surface area contributed by atoms with Crippen molar-refractivity contribution in [3.63, 3.8) is 0 Å². The standard InChI is InChI=1S/C21H25N3O2S/c25-14-16-26-15-13-23-9-11-24(12-10-23)21-17-5-1-3-7-19(17)27-20-8-4-2-6-18(20)22-21/h1-8,25H,9-16H2/i9D2,10D2,11D2,12D2,13D2,15D2,16D2. The minimum absolute atomic E-state index is 0.138. The van der Waals surface area contributed by atoms with Crippen molar-refractivity contribution in [2.75, 3.05) is 52.2 Å². The van der Waals surface area contributed by atoms with E-state index in [1.165, 1.54) is 17.8 Å². The number of hydrogen-bond donors (Lipinski definition) is 1. The Morgan fingerprint density at radius 1 is 1.04 bits per heavy atom. The van der Waals surface area contributed by atoms with E-state index in [0.29, 0.717) is 9.79 Å². The number of ether oxygens (including phenoxy) is 1. The van der Waals surface area contributed by atoms with Gasteiger partial charge in [0.15, 0.2) is 0 Å². The van der Waals surface area contributed by atoms with Crippen LogP contribution in [0.1, 0.15) is 24.8 Å². The first-order valence-electron chi connectivity index (χ1n) is 14.9. The number of hydrogen-bond acceptors (Lipinski definition) is 6. The van der Waals surface area contributed by atoms with Crippen molar-refractivity contribution in [1.29, 1.82) is 0 Å². The lowest BCUT2D eigenvalue weighted by molar-refractivity contribution is 0.0652. The van der Waals surface area contributed by atoms with Gasteiger partial charge in [0.25, 0.3) is 0 Å². The SMILES string of the molecule is [2H]C([2H])(CO)OC([2H])([2H])C([2H])([2H])N1C([2H])([2H])C([2H])([2H])N(C2=Nc3ccccc3Sc3ccccc32)C([2H])([2H])C1([2H])[2H]. The van der Waals surface area contributed by atoms with Crippen LogP contribution < -0.4 is 0 Å². The average Bonchev–Trinajstić information content (AvgIpc) is 2.98. The molecule has 0 spiro atoms. The summed E-state index contributed by atoms with van der Waals surface area (Å²) >= 11 is 1.22. The first-order chi connectivity index (χ1) is 18.6. The van der Waals surface area contributed by atoms with Gasteiger partial charge in [0.1, 0.15) is 5.84 Å². The molecule has 4 rings (SSSR count). The van der Waals surface area contributed by atoms with E-state index in [1.54, 1.807) is 42.5 Å². The van der Waals surface area contributed by atoms with E-state index in [4.69, 9.17) is 24.3 Å². The molecule has 2 aromatic rings. The molecule has 1 N–H and O–H groups in total. The van der Waals surface area contributed by atoms with Gasteiger partial charge in [0.05, 0.1) is 36.4 Å². The number of aliphatic imine (C=N–C) groups is 1. The second kappa shape index (κ2) is 8.89. The number of nitrogens with zero attached hydrogens (tertiary/aromatic N) is 3. The van der Waals surface area contributed by atoms with Crippen LogP contribution in [0.2, 0.25) is 0 Å². The van der Waals surface area contributed by atoms with Crippen LogP contribution in [0.3, 0.4) is 0 Å². The zero-order valence-corrected chi connectivity index (χ0v) is 14.7. The summed E-state index contributed by atoms with van der Waals surface area (Å²) in [6.07, 6.45) is 0. The topological polar surface area (TPSA) is 48.3 Å². The van der Waals surface area contributed by atoms with Crippen molar-refractivity contribution >= 4 is 23.3 Å². The lowest BCUT2D eigenvalue weighted by atomic mass is 10.1. The quantitative estimate of drug-likeness (QED) is 0.841. The number of amidine groups is 1. The number of rotatable bonds is 5. The average molecular weight is 398 g/mol. The second-order valence-corrected chi connectivity index (χ2v) is 6.32. The van der Waals surface area contributed by atoms with Gasteiger partial charge in [-0.25, -0.2) is 4.99 Å². The van der Waals surface area contributed by atoms with Crippen LogP contribution in [-0.2, 0) is 4.74 Å². The van der Waals surface area contributed by atoms with Gasteiger partial charge in [-0.3, -0.25) is 4.90 Å². The fourth-order valence-corrected chi connectivity index (χ4v) is 3.41. The summed E-state index contributed by atoms with van der Waals surface area (Å²) < 4.78 is 122. The first-order valence-corrected chi connectivity index (χ1v) is 8.75. The van der Waals surface area contributed by atoms with Gasteiger partial charge in [-0.05, 0) is 18.2 Å². The Balaban J connectivity index is 1.97. The van der Waals surface area contributed by atoms with Crippen LogP contribution in [0.25, 0.3) is 0 Å². The second-order valence-electron chi connectivity index (χ2n) is 5.24. The molecule has 0 unspecified atom stereocenters. The summed E-state index contributed by atoms with van der Waals surface area (Å²) in [5, 5.41) is 9.16. The van der Waals surface area contributed by atoms with E-state index in [2.05, 4.69) is 9.73 Å². The molecule has 0 bridgehead atoms. The van der Waals surface area contributed by atoms with Gasteiger partial charge in [-0.15, -0.1) is 0 Å². The molecular weight excluding hydrogens is 358 g/mol. The molecule has 0 amide bonds. The number of aliphatic hydroxyl groups excluding tert-OH is 1. The fraction of sp³-hybridized carbons (Fsp3) is 0.381. The molecule has 6 heteroatoms. The molecule has 0 atom stereocenters. The summed E-state index contributed by atoms with van der Waals surface area (Å²) in [5.74, 6) is -0.489. The Hall–Kier alpha value is -1.86. The highest BCUT2D eigenvalue weighted by Crippen LogP contribution is 2.40. The van der Waals surface area contributed by atoms with Crippen LogP contribution in [0.4, 0.5) is 5.69 Å². The minimum atomic E-state index is -4.05. The van der Waals surface area contributed by atoms with Crippen molar-refractivity contribution in [2.24, 2.45) is 4.99 Å². The summed E-state index contributed by atoms with van der Waals surface area (Å²) in [7, 11) is 0. The molecule has 0 aliphatic carbocycles. The van der Waals surface area contributed by atoms with E-state index < -0.39 is 62.9 Å². The van der Waals surface area contributed by atoms with Gasteiger partial charge in [0, 0.05) is 56.1 Å². The molecule has 5 nitrogen and oxygen atoms in total. The maximum absolute atomic E-state index is 9.16. The largest absolute Gasteiger partial charge is 0.394 e. The lowest BCUT2D eigenvalue weighted by Crippen LogP contribution is -2.49. The van der Waals surface area contributed by atoms with Gasteiger partial charge in [-0.1, -0.05) is 42.1 Å². The number of fused-ring (bicyclic) bond motifs is 2. The number of aliphatic hydroxyl groups is 1. The van der Waals surface area contributed by atoms with Crippen LogP contribution in [0.15, 0.2) is 63.3 Å². The number of benzene rings is 2. The summed E-state index contributed by atoms with van der Waals surface area (Å²) in [5.41, 5.74) is 0.393. The first kappa shape index (κ1) is 8.25. The van der Waals surface area contributed by atoms with Gasteiger partial charge < -0.3 is 14.7 Å². The minimum Gasteiger partial charge on any atom is -0.394 e. The highest BCUT2D eigenvalue weighted by Gasteiger charge is 2.24. The zero-order chi connectivity index (χ0) is 31.0. The smallest absolute Gasteiger partial charge is 0.137 e. The van der Waals surface area contributed by atoms with E-state index in [0.717, 1.165) is 0 Å². The Morgan fingerprint density at radius 2 is 1.78 bits per heavy atom. The Kier molecular flexibility index (Phi) is 2.72. The molecule has 142 valence electrons. The van der Waals surface area contributed by atoms with Crippen molar-refractivity contribution in [1.82, 2.24) is 9.80 Å². The summed E-state index contributed by atoms with van der Waals surface area (Å²) in [6, 6.07) is 12.9. The predicted octanol–water partition coefficient (Wildman–Crippen LogP) is 2.86. The molecule has 0 aromatic heterocycles. The molecule has 27 heavy (non-hydrogen) atoms. The maximum Gasteiger partial charge on any atom is 0.137 e. The predicted molar refractivity (Wildman–Crippen MR) is 109 cm³/mol. The van der Waals surface area contributed by atoms with E-state index >= 15 is 0 Å². The van der Waals surface area contributed by atoms with Crippen LogP contribution >= 0.6 is 11.8 Å². The van der Waals surface area contributed by atoms with E-state index in [-0.39, 0.29) is 16.2 Å². The van der Waals surface area contributed by atoms with Gasteiger partial charge in [-0.2, -0.15) is 0 Å². The summed E-state index contributed by atoms with van der Waals surface area (Å²) in [6.45, 7) is -27.6. The van der Waals surface area contributed by atoms with Crippen molar-refractivity contribution in [3.8, 4) is 0 Å². The van der Waals surface area contributed by atoms with Crippen LogP contribution in [0.5, 0.6) is 0 Å². The fourth-order valence-electron chi connectivity index (χ4n) is 2.39. The molecule has 0 radical (unpaired) electrons. The third kappa shape index (κ3) is 4.35. The Bertz CT molecular complexity index is 1340. The van der Waals surface area contributed by atoms with Gasteiger partial charge in [0.2, 0.25) is 0 Å². The van der Waals surface area contributed by atoms with E-state index in [9.17, 15) is 0 Å². The lowest BCUT2D eigenvalue weighted by Gasteiger charge is -2.36. The van der Waals surface area contributed by atoms with Gasteiger partial charge >= 0.3 is 0 Å². The molecule has 1 fully saturated rings. The van der Waals surface area contributed by atoms with E-state index in [1.807, 2.05) is 0 Å². The Labute approximate surface area is 184 Å². The van der Waals surface area contributed by atoms with Crippen LogP contribution in [0, 0.1) is 0 Å². The van der Waals surface area contributed by atoms with Crippen molar-refractivity contribution in [3.05, 3.63) is 54.1 Å². The molecular formula is C21H25N3O2S. The van der Waals surface area contributed by atoms with Crippen molar-refractivity contribution in [2.45, 2.75) is 9.79 Å². The molecule has 2 aliphatic heterocycles. The molecule has 1 saturated heterocycles.